The lowest BCUT2D eigenvalue weighted by Gasteiger charge is -2.41. The van der Waals surface area contributed by atoms with E-state index in [1.807, 2.05) is 11.8 Å². The fourth-order valence-electron chi connectivity index (χ4n) is 4.88. The van der Waals surface area contributed by atoms with Crippen molar-refractivity contribution >= 4 is 17.4 Å². The van der Waals surface area contributed by atoms with Crippen molar-refractivity contribution in [2.75, 3.05) is 32.8 Å². The van der Waals surface area contributed by atoms with Gasteiger partial charge in [-0.25, -0.2) is 9.24 Å². The molecule has 2 aromatic carbocycles. The second-order valence-electron chi connectivity index (χ2n) is 9.29. The molecule has 2 fully saturated rings. The number of Topliss-reactive ketones (excluding diaryl/α,β-unsaturated/α-hetero) is 1. The molecule has 2 aliphatic rings. The molecule has 0 N–H and O–H groups in total. The first-order valence-corrected chi connectivity index (χ1v) is 11.7. The van der Waals surface area contributed by atoms with Crippen molar-refractivity contribution in [3.05, 3.63) is 75.9 Å². The van der Waals surface area contributed by atoms with Crippen LogP contribution in [-0.4, -0.2) is 60.4 Å². The lowest BCUT2D eigenvalue weighted by atomic mass is 9.95. The smallest absolute Gasteiger partial charge is 0.228 e. The normalized spacial score (nSPS) is 20.8. The lowest BCUT2D eigenvalue weighted by Crippen LogP contribution is -2.55. The molecule has 2 heterocycles. The van der Waals surface area contributed by atoms with Crippen molar-refractivity contribution < 1.29 is 18.7 Å². The Morgan fingerprint density at radius 1 is 1.21 bits per heavy atom. The monoisotopic (exact) mass is 463 g/mol. The van der Waals surface area contributed by atoms with E-state index in [-0.39, 0.29) is 35.9 Å². The standard InChI is InChI=1S/C27H30FN3O3/c1-18-15-30(8-9-31(18)27(33)21-7-10-34-17-21)16-23-12-24(28)11-22(19(23)2)14-26(32)20-5-4-6-25(13-20)29-3/h4-6,11-13,18,21H,7-10,14-17H2,1-2H3/t18-,21?/m0/s1. The molecule has 2 aliphatic heterocycles. The molecule has 0 aromatic heterocycles. The summed E-state index contributed by atoms with van der Waals surface area (Å²) in [6.07, 6.45) is 0.873. The van der Waals surface area contributed by atoms with Gasteiger partial charge in [0.05, 0.1) is 19.1 Å². The molecule has 0 bridgehead atoms. The summed E-state index contributed by atoms with van der Waals surface area (Å²) in [5.74, 6) is -0.354. The third kappa shape index (κ3) is 5.35. The van der Waals surface area contributed by atoms with Crippen molar-refractivity contribution in [3.63, 3.8) is 0 Å². The Morgan fingerprint density at radius 3 is 2.71 bits per heavy atom. The maximum atomic E-state index is 14.5. The highest BCUT2D eigenvalue weighted by Crippen LogP contribution is 2.24. The Balaban J connectivity index is 1.43. The van der Waals surface area contributed by atoms with Crippen LogP contribution in [0.25, 0.3) is 4.85 Å². The number of ether oxygens (including phenoxy) is 1. The van der Waals surface area contributed by atoms with Crippen LogP contribution in [0.15, 0.2) is 36.4 Å². The summed E-state index contributed by atoms with van der Waals surface area (Å²) < 4.78 is 19.9. The minimum atomic E-state index is -0.360. The van der Waals surface area contributed by atoms with Crippen LogP contribution in [0, 0.1) is 25.2 Å². The fraction of sp³-hybridized carbons (Fsp3) is 0.444. The highest BCUT2D eigenvalue weighted by molar-refractivity contribution is 5.98. The second-order valence-corrected chi connectivity index (χ2v) is 9.29. The Hall–Kier alpha value is -3.08. The van der Waals surface area contributed by atoms with Gasteiger partial charge in [-0.3, -0.25) is 14.5 Å². The average Bonchev–Trinajstić information content (AvgIpc) is 3.37. The molecule has 0 aliphatic carbocycles. The number of halogens is 1. The van der Waals surface area contributed by atoms with Gasteiger partial charge in [0.15, 0.2) is 11.5 Å². The maximum absolute atomic E-state index is 14.5. The third-order valence-electron chi connectivity index (χ3n) is 6.90. The number of piperazine rings is 1. The Bertz CT molecular complexity index is 1120. The zero-order chi connectivity index (χ0) is 24.2. The summed E-state index contributed by atoms with van der Waals surface area (Å²) in [5, 5.41) is 0. The van der Waals surface area contributed by atoms with Gasteiger partial charge in [0.1, 0.15) is 5.82 Å². The Morgan fingerprint density at radius 2 is 2.00 bits per heavy atom. The molecule has 7 heteroatoms. The van der Waals surface area contributed by atoms with E-state index in [2.05, 4.69) is 16.7 Å². The summed E-state index contributed by atoms with van der Waals surface area (Å²) >= 11 is 0. The molecule has 4 rings (SSSR count). The molecule has 0 spiro atoms. The van der Waals surface area contributed by atoms with E-state index in [1.165, 1.54) is 6.07 Å². The van der Waals surface area contributed by atoms with Crippen LogP contribution in [0.3, 0.4) is 0 Å². The van der Waals surface area contributed by atoms with Crippen LogP contribution in [0.4, 0.5) is 10.1 Å². The van der Waals surface area contributed by atoms with Crippen molar-refractivity contribution in [1.29, 1.82) is 0 Å². The average molecular weight is 464 g/mol. The summed E-state index contributed by atoms with van der Waals surface area (Å²) in [7, 11) is 0. The van der Waals surface area contributed by atoms with Crippen LogP contribution >= 0.6 is 0 Å². The van der Waals surface area contributed by atoms with Gasteiger partial charge in [-0.05, 0) is 55.2 Å². The quantitative estimate of drug-likeness (QED) is 0.477. The lowest BCUT2D eigenvalue weighted by molar-refractivity contribution is -0.140. The summed E-state index contributed by atoms with van der Waals surface area (Å²) in [5.41, 5.74) is 3.30. The number of ketones is 1. The summed E-state index contributed by atoms with van der Waals surface area (Å²) in [6, 6.07) is 9.66. The van der Waals surface area contributed by atoms with Gasteiger partial charge in [0, 0.05) is 50.8 Å². The van der Waals surface area contributed by atoms with Gasteiger partial charge in [-0.2, -0.15) is 0 Å². The molecule has 178 valence electrons. The van der Waals surface area contributed by atoms with E-state index in [9.17, 15) is 14.0 Å². The number of nitrogens with zero attached hydrogens (tertiary/aromatic N) is 3. The van der Waals surface area contributed by atoms with Crippen molar-refractivity contribution in [1.82, 2.24) is 9.80 Å². The molecule has 1 amide bonds. The molecule has 0 radical (unpaired) electrons. The zero-order valence-corrected chi connectivity index (χ0v) is 19.7. The Labute approximate surface area is 200 Å². The number of hydrogen-bond acceptors (Lipinski definition) is 4. The van der Waals surface area contributed by atoms with Gasteiger partial charge in [-0.15, -0.1) is 0 Å². The predicted octanol–water partition coefficient (Wildman–Crippen LogP) is 4.18. The molecule has 2 atom stereocenters. The molecule has 2 aromatic rings. The molecule has 0 saturated carbocycles. The van der Waals surface area contributed by atoms with Crippen LogP contribution in [-0.2, 0) is 22.5 Å². The summed E-state index contributed by atoms with van der Waals surface area (Å²) in [6.45, 7) is 14.9. The van der Waals surface area contributed by atoms with Crippen molar-refractivity contribution in [2.24, 2.45) is 5.92 Å². The SMILES string of the molecule is [C-]#[N+]c1cccc(C(=O)Cc2cc(F)cc(CN3CCN(C(=O)C4CCOC4)[C@@H](C)C3)c2C)c1. The van der Waals surface area contributed by atoms with Gasteiger partial charge >= 0.3 is 0 Å². The van der Waals surface area contributed by atoms with E-state index in [0.29, 0.717) is 49.7 Å². The maximum Gasteiger partial charge on any atom is 0.228 e. The van der Waals surface area contributed by atoms with Crippen molar-refractivity contribution in [2.45, 2.75) is 39.3 Å². The second kappa shape index (κ2) is 10.5. The first-order valence-electron chi connectivity index (χ1n) is 11.7. The fourth-order valence-corrected chi connectivity index (χ4v) is 4.88. The minimum absolute atomic E-state index is 0.0324. The minimum Gasteiger partial charge on any atom is -0.381 e. The molecule has 34 heavy (non-hydrogen) atoms. The van der Waals surface area contributed by atoms with E-state index < -0.39 is 0 Å². The number of benzene rings is 2. The number of carbonyl (C=O) groups excluding carboxylic acids is 2. The topological polar surface area (TPSA) is 54.2 Å². The third-order valence-corrected chi connectivity index (χ3v) is 6.90. The zero-order valence-electron chi connectivity index (χ0n) is 19.7. The largest absolute Gasteiger partial charge is 0.381 e. The summed E-state index contributed by atoms with van der Waals surface area (Å²) in [4.78, 5) is 33.2. The van der Waals surface area contributed by atoms with Crippen LogP contribution in [0.2, 0.25) is 0 Å². The first-order chi connectivity index (χ1) is 16.4. The molecular weight excluding hydrogens is 433 g/mol. The van der Waals surface area contributed by atoms with Gasteiger partial charge in [0.2, 0.25) is 5.91 Å². The van der Waals surface area contributed by atoms with Gasteiger partial charge in [-0.1, -0.05) is 18.2 Å². The predicted molar refractivity (Wildman–Crippen MR) is 127 cm³/mol. The highest BCUT2D eigenvalue weighted by Gasteiger charge is 2.33. The Kier molecular flexibility index (Phi) is 7.40. The number of hydrogen-bond donors (Lipinski definition) is 0. The van der Waals surface area contributed by atoms with Crippen LogP contribution in [0.1, 0.15) is 40.4 Å². The van der Waals surface area contributed by atoms with E-state index in [0.717, 1.165) is 24.1 Å². The van der Waals surface area contributed by atoms with Crippen molar-refractivity contribution in [3.8, 4) is 0 Å². The molecular formula is C27H30FN3O3. The van der Waals surface area contributed by atoms with Gasteiger partial charge in [0.25, 0.3) is 0 Å². The first kappa shape index (κ1) is 24.1. The van der Waals surface area contributed by atoms with Crippen LogP contribution in [0.5, 0.6) is 0 Å². The number of amides is 1. The van der Waals surface area contributed by atoms with Gasteiger partial charge < -0.3 is 9.64 Å². The van der Waals surface area contributed by atoms with Crippen LogP contribution < -0.4 is 0 Å². The number of rotatable bonds is 6. The van der Waals surface area contributed by atoms with E-state index in [4.69, 9.17) is 11.3 Å². The van der Waals surface area contributed by atoms with E-state index in [1.54, 1.807) is 30.3 Å². The highest BCUT2D eigenvalue weighted by atomic mass is 19.1. The molecule has 6 nitrogen and oxygen atoms in total. The molecule has 1 unspecified atom stereocenters. The molecule has 2 saturated heterocycles. The number of carbonyl (C=O) groups is 2. The van der Waals surface area contributed by atoms with E-state index >= 15 is 0 Å².